The zero-order chi connectivity index (χ0) is 38.0. The van der Waals surface area contributed by atoms with Gasteiger partial charge in [0, 0.05) is 38.1 Å². The molecule has 0 aliphatic carbocycles. The first kappa shape index (κ1) is 33.2. The number of rotatable bonds is 3. The van der Waals surface area contributed by atoms with Crippen LogP contribution in [0.15, 0.2) is 176 Å². The zero-order valence-electron chi connectivity index (χ0n) is 32.0. The molecule has 8 aromatic carbocycles. The van der Waals surface area contributed by atoms with Gasteiger partial charge in [0.25, 0.3) is 0 Å². The Morgan fingerprint density at radius 2 is 0.768 bits per heavy atom. The van der Waals surface area contributed by atoms with E-state index in [4.69, 9.17) is 0 Å². The van der Waals surface area contributed by atoms with Crippen LogP contribution in [0.4, 0.5) is 34.1 Å². The van der Waals surface area contributed by atoms with E-state index in [0.29, 0.717) is 0 Å². The molecule has 0 bridgehead atoms. The molecule has 0 atom stereocenters. The van der Waals surface area contributed by atoms with Crippen LogP contribution in [0.3, 0.4) is 0 Å². The highest BCUT2D eigenvalue weighted by molar-refractivity contribution is 7.86. The van der Waals surface area contributed by atoms with Crippen LogP contribution < -0.4 is 25.7 Å². The molecule has 4 heteroatoms. The molecule has 11 rings (SSSR count). The van der Waals surface area contributed by atoms with Gasteiger partial charge in [0.15, 0.2) is 7.14 Å². The fourth-order valence-electron chi connectivity index (χ4n) is 10.1. The van der Waals surface area contributed by atoms with Crippen molar-refractivity contribution in [1.29, 1.82) is 0 Å². The van der Waals surface area contributed by atoms with Crippen LogP contribution in [0.25, 0.3) is 21.9 Å². The lowest BCUT2D eigenvalue weighted by atomic mass is 9.73. The van der Waals surface area contributed by atoms with E-state index in [1.54, 1.807) is 0 Å². The normalized spacial score (nSPS) is 16.3. The van der Waals surface area contributed by atoms with E-state index in [0.717, 1.165) is 49.2 Å². The highest BCUT2D eigenvalue weighted by Gasteiger charge is 2.44. The summed E-state index contributed by atoms with van der Waals surface area (Å²) in [5.74, 6) is 0. The van der Waals surface area contributed by atoms with Crippen LogP contribution in [0.5, 0.6) is 0 Å². The summed E-state index contributed by atoms with van der Waals surface area (Å²) in [6.45, 7) is 9.28. The highest BCUT2D eigenvalue weighted by atomic mass is 31.2. The largest absolute Gasteiger partial charge is 0.310 e. The average Bonchev–Trinajstić information content (AvgIpc) is 3.48. The fraction of sp³-hybridized carbons (Fsp3) is 0.115. The number of anilines is 6. The molecule has 0 spiro atoms. The Balaban J connectivity index is 1.18. The molecule has 56 heavy (non-hydrogen) atoms. The van der Waals surface area contributed by atoms with E-state index < -0.39 is 7.14 Å². The maximum atomic E-state index is 16.4. The summed E-state index contributed by atoms with van der Waals surface area (Å²) in [5, 5.41) is 4.81. The summed E-state index contributed by atoms with van der Waals surface area (Å²) < 4.78 is 16.4. The summed E-state index contributed by atoms with van der Waals surface area (Å²) >= 11 is 0. The van der Waals surface area contributed by atoms with Crippen LogP contribution in [-0.4, -0.2) is 0 Å². The van der Waals surface area contributed by atoms with Crippen molar-refractivity contribution in [3.05, 3.63) is 198 Å². The number of benzene rings is 8. The molecule has 8 aromatic rings. The lowest BCUT2D eigenvalue weighted by molar-refractivity contribution is 0.593. The highest BCUT2D eigenvalue weighted by Crippen LogP contribution is 2.58. The van der Waals surface area contributed by atoms with Crippen molar-refractivity contribution in [1.82, 2.24) is 0 Å². The van der Waals surface area contributed by atoms with Crippen LogP contribution in [0.2, 0.25) is 0 Å². The molecule has 270 valence electrons. The molecule has 0 N–H and O–H groups in total. The Kier molecular flexibility index (Phi) is 6.93. The Labute approximate surface area is 328 Å². The Bertz CT molecular complexity index is 2730. The van der Waals surface area contributed by atoms with Crippen molar-refractivity contribution in [3.63, 3.8) is 0 Å². The molecule has 0 saturated carbocycles. The first-order valence-electron chi connectivity index (χ1n) is 19.6. The van der Waals surface area contributed by atoms with Gasteiger partial charge in [0.05, 0.1) is 22.7 Å². The topological polar surface area (TPSA) is 23.6 Å². The molecular formula is C52H41N2OP. The molecule has 3 heterocycles. The van der Waals surface area contributed by atoms with Gasteiger partial charge in [-0.25, -0.2) is 0 Å². The van der Waals surface area contributed by atoms with Gasteiger partial charge in [-0.15, -0.1) is 0 Å². The smallest absolute Gasteiger partial charge is 0.172 e. The summed E-state index contributed by atoms with van der Waals surface area (Å²) in [6.07, 6.45) is 0. The van der Waals surface area contributed by atoms with Crippen molar-refractivity contribution < 1.29 is 4.57 Å². The Hall–Kier alpha value is -6.15. The second kappa shape index (κ2) is 11.7. The maximum absolute atomic E-state index is 16.4. The Morgan fingerprint density at radius 3 is 1.21 bits per heavy atom. The number of nitrogens with zero attached hydrogens (tertiary/aromatic N) is 2. The van der Waals surface area contributed by atoms with Crippen molar-refractivity contribution >= 4 is 68.0 Å². The van der Waals surface area contributed by atoms with E-state index >= 15 is 4.57 Å². The summed E-state index contributed by atoms with van der Waals surface area (Å²) in [5.41, 5.74) is 13.6. The van der Waals surface area contributed by atoms with E-state index in [1.165, 1.54) is 45.0 Å². The monoisotopic (exact) mass is 740 g/mol. The van der Waals surface area contributed by atoms with Gasteiger partial charge in [-0.2, -0.15) is 0 Å². The molecule has 3 nitrogen and oxygen atoms in total. The average molecular weight is 741 g/mol. The SMILES string of the molecule is CC1(C)c2ccccc2N(c2ccc3c(c2)-c2cc(N4c5ccccc5C(C)(C)c5ccccc54)ccc2P3(=O)c2cccc3ccccc23)c2ccccc21. The van der Waals surface area contributed by atoms with Crippen molar-refractivity contribution in [3.8, 4) is 11.1 Å². The third-order valence-corrected chi connectivity index (χ3v) is 16.0. The lowest BCUT2D eigenvalue weighted by Gasteiger charge is -2.42. The molecule has 0 unspecified atom stereocenters. The minimum atomic E-state index is -3.31. The number of fused-ring (bicyclic) bond motifs is 8. The first-order valence-corrected chi connectivity index (χ1v) is 21.3. The second-order valence-corrected chi connectivity index (χ2v) is 19.2. The zero-order valence-corrected chi connectivity index (χ0v) is 32.9. The van der Waals surface area contributed by atoms with Crippen molar-refractivity contribution in [2.45, 2.75) is 38.5 Å². The number of hydrogen-bond donors (Lipinski definition) is 0. The van der Waals surface area contributed by atoms with Gasteiger partial charge in [0.1, 0.15) is 0 Å². The summed E-state index contributed by atoms with van der Waals surface area (Å²) in [7, 11) is -3.31. The van der Waals surface area contributed by atoms with Gasteiger partial charge < -0.3 is 14.4 Å². The molecule has 0 aromatic heterocycles. The summed E-state index contributed by atoms with van der Waals surface area (Å²) in [6, 6.07) is 63.0. The standard InChI is InChI=1S/C52H41N2OP/c1-51(2)40-19-7-11-23-44(40)53(45-24-12-8-20-41(45)51)35-28-30-49-38(32-35)39-33-36(29-31-50(39)56(49,55)48-27-15-17-34-16-5-6-18-37(34)48)54-46-25-13-9-21-42(46)52(3,4)43-22-10-14-26-47(43)54/h5-33H,1-4H3. The molecule has 3 aliphatic heterocycles. The quantitative estimate of drug-likeness (QED) is 0.169. The molecule has 0 saturated heterocycles. The first-order chi connectivity index (χ1) is 27.2. The summed E-state index contributed by atoms with van der Waals surface area (Å²) in [4.78, 5) is 4.81. The van der Waals surface area contributed by atoms with Gasteiger partial charge in [-0.05, 0) is 105 Å². The van der Waals surface area contributed by atoms with Crippen LogP contribution >= 0.6 is 7.14 Å². The minimum absolute atomic E-state index is 0.165. The third-order valence-electron chi connectivity index (χ3n) is 12.8. The molecule has 3 aliphatic rings. The van der Waals surface area contributed by atoms with E-state index in [-0.39, 0.29) is 10.8 Å². The lowest BCUT2D eigenvalue weighted by Crippen LogP contribution is -2.30. The van der Waals surface area contributed by atoms with Gasteiger partial charge in [0.2, 0.25) is 0 Å². The molecular weight excluding hydrogens is 700 g/mol. The predicted octanol–water partition coefficient (Wildman–Crippen LogP) is 12.7. The molecule has 0 fully saturated rings. The minimum Gasteiger partial charge on any atom is -0.310 e. The third kappa shape index (κ3) is 4.38. The van der Waals surface area contributed by atoms with E-state index in [2.05, 4.69) is 213 Å². The predicted molar refractivity (Wildman–Crippen MR) is 236 cm³/mol. The van der Waals surface area contributed by atoms with Crippen molar-refractivity contribution in [2.75, 3.05) is 9.80 Å². The molecule has 0 amide bonds. The van der Waals surface area contributed by atoms with Crippen LogP contribution in [0.1, 0.15) is 49.9 Å². The van der Waals surface area contributed by atoms with Gasteiger partial charge in [-0.3, -0.25) is 0 Å². The van der Waals surface area contributed by atoms with Crippen LogP contribution in [0, 0.1) is 0 Å². The Morgan fingerprint density at radius 1 is 0.393 bits per heavy atom. The second-order valence-electron chi connectivity index (χ2n) is 16.5. The maximum Gasteiger partial charge on any atom is 0.172 e. The van der Waals surface area contributed by atoms with E-state index in [9.17, 15) is 0 Å². The van der Waals surface area contributed by atoms with Crippen molar-refractivity contribution in [2.24, 2.45) is 0 Å². The van der Waals surface area contributed by atoms with E-state index in [1.807, 2.05) is 0 Å². The van der Waals surface area contributed by atoms with Gasteiger partial charge >= 0.3 is 0 Å². The van der Waals surface area contributed by atoms with Gasteiger partial charge in [-0.1, -0.05) is 143 Å². The number of para-hydroxylation sites is 4. The fourth-order valence-corrected chi connectivity index (χ4v) is 13.3. The molecule has 0 radical (unpaired) electrons. The van der Waals surface area contributed by atoms with Crippen LogP contribution in [-0.2, 0) is 15.4 Å². The number of hydrogen-bond acceptors (Lipinski definition) is 3.